The van der Waals surface area contributed by atoms with Crippen LogP contribution in [0.2, 0.25) is 10.0 Å². The molecule has 0 aliphatic heterocycles. The number of oxazole rings is 1. The Morgan fingerprint density at radius 2 is 1.83 bits per heavy atom. The summed E-state index contributed by atoms with van der Waals surface area (Å²) >= 11 is 12.0. The van der Waals surface area contributed by atoms with Crippen molar-refractivity contribution in [1.29, 1.82) is 0 Å². The smallest absolute Gasteiger partial charge is 0.262 e. The van der Waals surface area contributed by atoms with Crippen LogP contribution in [0, 0.1) is 13.8 Å². The number of hydrogen-bond acceptors (Lipinski definition) is 4. The predicted octanol–water partition coefficient (Wildman–Crippen LogP) is 6.44. The van der Waals surface area contributed by atoms with Crippen molar-refractivity contribution in [3.05, 3.63) is 75.8 Å². The maximum atomic E-state index is 12.3. The topological polar surface area (TPSA) is 64.4 Å². The van der Waals surface area contributed by atoms with Gasteiger partial charge >= 0.3 is 0 Å². The summed E-state index contributed by atoms with van der Waals surface area (Å²) in [5.41, 5.74) is 4.82. The normalized spacial score (nSPS) is 10.9. The minimum atomic E-state index is -0.263. The summed E-state index contributed by atoms with van der Waals surface area (Å²) in [7, 11) is 0. The third-order valence-electron chi connectivity index (χ3n) is 4.69. The van der Waals surface area contributed by atoms with E-state index >= 15 is 0 Å². The molecule has 0 fully saturated rings. The summed E-state index contributed by atoms with van der Waals surface area (Å²) in [5, 5.41) is 3.70. The van der Waals surface area contributed by atoms with Crippen LogP contribution in [-0.2, 0) is 4.79 Å². The van der Waals surface area contributed by atoms with Crippen LogP contribution in [0.4, 0.5) is 5.69 Å². The molecule has 4 rings (SSSR count). The van der Waals surface area contributed by atoms with Crippen molar-refractivity contribution in [3.63, 3.8) is 0 Å². The zero-order chi connectivity index (χ0) is 21.3. The molecule has 0 spiro atoms. The second-order valence-corrected chi connectivity index (χ2v) is 7.73. The van der Waals surface area contributed by atoms with Gasteiger partial charge in [-0.2, -0.15) is 0 Å². The highest BCUT2D eigenvalue weighted by Crippen LogP contribution is 2.30. The van der Waals surface area contributed by atoms with E-state index in [1.807, 2.05) is 32.0 Å². The molecule has 0 bridgehead atoms. The molecule has 4 aromatic rings. The van der Waals surface area contributed by atoms with E-state index in [0.717, 1.165) is 5.56 Å². The van der Waals surface area contributed by atoms with E-state index < -0.39 is 0 Å². The first-order valence-electron chi connectivity index (χ1n) is 9.25. The molecule has 7 heteroatoms. The van der Waals surface area contributed by atoms with Crippen molar-refractivity contribution in [3.8, 4) is 17.2 Å². The molecule has 0 atom stereocenters. The Hall–Kier alpha value is -3.02. The predicted molar refractivity (Wildman–Crippen MR) is 120 cm³/mol. The van der Waals surface area contributed by atoms with Crippen LogP contribution in [0.5, 0.6) is 5.75 Å². The van der Waals surface area contributed by atoms with Gasteiger partial charge < -0.3 is 14.5 Å². The SMILES string of the molecule is Cc1ccc(OCC(=O)Nc2ccc3oc(-c4ccc(Cl)c(Cl)c4)nc3c2)cc1C. The van der Waals surface area contributed by atoms with E-state index in [9.17, 15) is 4.79 Å². The molecular formula is C23H18Cl2N2O3. The largest absolute Gasteiger partial charge is 0.484 e. The van der Waals surface area contributed by atoms with Gasteiger partial charge in [0.1, 0.15) is 11.3 Å². The lowest BCUT2D eigenvalue weighted by atomic mass is 10.1. The Kier molecular flexibility index (Phi) is 5.66. The molecule has 0 saturated heterocycles. The molecule has 30 heavy (non-hydrogen) atoms. The number of carbonyl (C=O) groups excluding carboxylic acids is 1. The lowest BCUT2D eigenvalue weighted by molar-refractivity contribution is -0.118. The number of anilines is 1. The number of amides is 1. The van der Waals surface area contributed by atoms with Gasteiger partial charge in [0.05, 0.1) is 10.0 Å². The number of ether oxygens (including phenoxy) is 1. The molecule has 1 amide bonds. The summed E-state index contributed by atoms with van der Waals surface area (Å²) in [4.78, 5) is 16.7. The van der Waals surface area contributed by atoms with E-state index in [4.69, 9.17) is 32.4 Å². The molecule has 152 valence electrons. The Labute approximate surface area is 183 Å². The fraction of sp³-hybridized carbons (Fsp3) is 0.130. The van der Waals surface area contributed by atoms with Gasteiger partial charge in [0.15, 0.2) is 12.2 Å². The molecular weight excluding hydrogens is 423 g/mol. The van der Waals surface area contributed by atoms with E-state index in [1.54, 1.807) is 36.4 Å². The first kappa shape index (κ1) is 20.3. The van der Waals surface area contributed by atoms with Crippen LogP contribution in [0.15, 0.2) is 59.0 Å². The highest BCUT2D eigenvalue weighted by atomic mass is 35.5. The van der Waals surface area contributed by atoms with Gasteiger partial charge in [0.25, 0.3) is 5.91 Å². The molecule has 5 nitrogen and oxygen atoms in total. The maximum absolute atomic E-state index is 12.3. The zero-order valence-corrected chi connectivity index (χ0v) is 17.8. The van der Waals surface area contributed by atoms with E-state index in [-0.39, 0.29) is 12.5 Å². The zero-order valence-electron chi connectivity index (χ0n) is 16.3. The highest BCUT2D eigenvalue weighted by molar-refractivity contribution is 6.42. The van der Waals surface area contributed by atoms with Gasteiger partial charge in [-0.15, -0.1) is 0 Å². The average Bonchev–Trinajstić information content (AvgIpc) is 3.14. The second kappa shape index (κ2) is 8.38. The molecule has 0 aliphatic rings. The molecule has 0 unspecified atom stereocenters. The first-order chi connectivity index (χ1) is 14.4. The van der Waals surface area contributed by atoms with Crippen molar-refractivity contribution in [2.45, 2.75) is 13.8 Å². The molecule has 0 saturated carbocycles. The number of aromatic nitrogens is 1. The van der Waals surface area contributed by atoms with Crippen LogP contribution < -0.4 is 10.1 Å². The quantitative estimate of drug-likeness (QED) is 0.387. The maximum Gasteiger partial charge on any atom is 0.262 e. The number of nitrogens with zero attached hydrogens (tertiary/aromatic N) is 1. The lowest BCUT2D eigenvalue weighted by Gasteiger charge is -2.09. The van der Waals surface area contributed by atoms with Crippen LogP contribution in [0.25, 0.3) is 22.6 Å². The Morgan fingerprint density at radius 3 is 2.60 bits per heavy atom. The summed E-state index contributed by atoms with van der Waals surface area (Å²) in [6.45, 7) is 3.94. The number of fused-ring (bicyclic) bond motifs is 1. The first-order valence-corrected chi connectivity index (χ1v) is 10.0. The molecule has 1 aromatic heterocycles. The number of carbonyl (C=O) groups is 1. The van der Waals surface area contributed by atoms with Gasteiger partial charge in [-0.3, -0.25) is 4.79 Å². The van der Waals surface area contributed by atoms with Crippen molar-refractivity contribution in [2.24, 2.45) is 0 Å². The Morgan fingerprint density at radius 1 is 1.00 bits per heavy atom. The number of benzene rings is 3. The molecule has 0 aliphatic carbocycles. The Bertz CT molecular complexity index is 1250. The molecule has 0 radical (unpaired) electrons. The van der Waals surface area contributed by atoms with E-state index in [0.29, 0.717) is 44.0 Å². The molecule has 1 N–H and O–H groups in total. The number of hydrogen-bond donors (Lipinski definition) is 1. The van der Waals surface area contributed by atoms with Crippen molar-refractivity contribution in [1.82, 2.24) is 4.98 Å². The van der Waals surface area contributed by atoms with Crippen LogP contribution >= 0.6 is 23.2 Å². The van der Waals surface area contributed by atoms with E-state index in [2.05, 4.69) is 10.3 Å². The summed E-state index contributed by atoms with van der Waals surface area (Å²) in [6.07, 6.45) is 0. The third-order valence-corrected chi connectivity index (χ3v) is 5.43. The minimum absolute atomic E-state index is 0.0894. The van der Waals surface area contributed by atoms with Crippen molar-refractivity contribution < 1.29 is 13.9 Å². The van der Waals surface area contributed by atoms with Crippen LogP contribution in [-0.4, -0.2) is 17.5 Å². The summed E-state index contributed by atoms with van der Waals surface area (Å²) in [5.74, 6) is 0.817. The number of aryl methyl sites for hydroxylation is 2. The van der Waals surface area contributed by atoms with Gasteiger partial charge in [-0.05, 0) is 73.5 Å². The number of rotatable bonds is 5. The van der Waals surface area contributed by atoms with Crippen molar-refractivity contribution >= 4 is 45.9 Å². The fourth-order valence-electron chi connectivity index (χ4n) is 2.91. The number of halogens is 2. The standard InChI is InChI=1S/C23H18Cl2N2O3/c1-13-3-6-17(9-14(13)2)29-12-22(28)26-16-5-8-21-20(11-16)27-23(30-21)15-4-7-18(24)19(25)10-15/h3-11H,12H2,1-2H3,(H,26,28). The minimum Gasteiger partial charge on any atom is -0.484 e. The van der Waals surface area contributed by atoms with Gasteiger partial charge in [-0.25, -0.2) is 4.98 Å². The lowest BCUT2D eigenvalue weighted by Crippen LogP contribution is -2.20. The average molecular weight is 441 g/mol. The van der Waals surface area contributed by atoms with Crippen LogP contribution in [0.1, 0.15) is 11.1 Å². The fourth-order valence-corrected chi connectivity index (χ4v) is 3.21. The summed E-state index contributed by atoms with van der Waals surface area (Å²) in [6, 6.07) is 16.1. The second-order valence-electron chi connectivity index (χ2n) is 6.91. The van der Waals surface area contributed by atoms with Gasteiger partial charge in [0.2, 0.25) is 5.89 Å². The van der Waals surface area contributed by atoms with Crippen molar-refractivity contribution in [2.75, 3.05) is 11.9 Å². The van der Waals surface area contributed by atoms with Gasteiger partial charge in [-0.1, -0.05) is 29.3 Å². The van der Waals surface area contributed by atoms with Gasteiger partial charge in [0, 0.05) is 11.3 Å². The Balaban J connectivity index is 1.45. The third kappa shape index (κ3) is 4.42. The molecule has 1 heterocycles. The monoisotopic (exact) mass is 440 g/mol. The number of nitrogens with one attached hydrogen (secondary N) is 1. The summed E-state index contributed by atoms with van der Waals surface area (Å²) < 4.78 is 11.4. The van der Waals surface area contributed by atoms with E-state index in [1.165, 1.54) is 5.56 Å². The molecule has 3 aromatic carbocycles. The van der Waals surface area contributed by atoms with Crippen LogP contribution in [0.3, 0.4) is 0 Å². The highest BCUT2D eigenvalue weighted by Gasteiger charge is 2.12.